The van der Waals surface area contributed by atoms with Gasteiger partial charge >= 0.3 is 5.97 Å². The van der Waals surface area contributed by atoms with Crippen LogP contribution in [0.2, 0.25) is 0 Å². The molecule has 0 atom stereocenters. The van der Waals surface area contributed by atoms with Gasteiger partial charge in [0.1, 0.15) is 0 Å². The van der Waals surface area contributed by atoms with Crippen molar-refractivity contribution in [1.29, 1.82) is 0 Å². The molecule has 0 radical (unpaired) electrons. The summed E-state index contributed by atoms with van der Waals surface area (Å²) in [6.07, 6.45) is 3.42. The van der Waals surface area contributed by atoms with E-state index in [1.807, 2.05) is 0 Å². The number of ether oxygens (including phenoxy) is 1. The highest BCUT2D eigenvalue weighted by Gasteiger charge is 2.23. The Hall–Kier alpha value is -2.96. The average Bonchev–Trinajstić information content (AvgIpc) is 2.68. The van der Waals surface area contributed by atoms with Crippen LogP contribution in [0, 0.1) is 0 Å². The van der Waals surface area contributed by atoms with Crippen LogP contribution in [-0.2, 0) is 4.74 Å². The number of methoxy groups -OCH3 is 1. The van der Waals surface area contributed by atoms with Crippen molar-refractivity contribution in [3.63, 3.8) is 0 Å². The summed E-state index contributed by atoms with van der Waals surface area (Å²) in [7, 11) is 1.33. The van der Waals surface area contributed by atoms with E-state index in [0.29, 0.717) is 43.3 Å². The van der Waals surface area contributed by atoms with Crippen LogP contribution in [0.25, 0.3) is 0 Å². The van der Waals surface area contributed by atoms with Crippen molar-refractivity contribution >= 4 is 17.8 Å². The zero-order valence-electron chi connectivity index (χ0n) is 13.4. The summed E-state index contributed by atoms with van der Waals surface area (Å²) in [6, 6.07) is 8.30. The predicted octanol–water partition coefficient (Wildman–Crippen LogP) is 1.23. The van der Waals surface area contributed by atoms with Gasteiger partial charge in [-0.1, -0.05) is 0 Å². The van der Waals surface area contributed by atoms with Crippen LogP contribution in [0.5, 0.6) is 0 Å². The van der Waals surface area contributed by atoms with E-state index in [2.05, 4.69) is 19.6 Å². The molecule has 24 heavy (non-hydrogen) atoms. The molecule has 1 aliphatic heterocycles. The van der Waals surface area contributed by atoms with Crippen molar-refractivity contribution in [3.05, 3.63) is 53.9 Å². The zero-order chi connectivity index (χ0) is 16.9. The lowest BCUT2D eigenvalue weighted by Crippen LogP contribution is -2.49. The molecule has 0 N–H and O–H groups in total. The molecule has 0 spiro atoms. The average molecular weight is 326 g/mol. The van der Waals surface area contributed by atoms with Crippen LogP contribution < -0.4 is 4.90 Å². The smallest absolute Gasteiger partial charge is 0.337 e. The number of aromatic nitrogens is 2. The first-order chi connectivity index (χ1) is 11.7. The van der Waals surface area contributed by atoms with E-state index >= 15 is 0 Å². The Morgan fingerprint density at radius 2 is 1.54 bits per heavy atom. The van der Waals surface area contributed by atoms with Crippen LogP contribution in [0.15, 0.2) is 42.7 Å². The molecule has 0 aliphatic carbocycles. The first-order valence-electron chi connectivity index (χ1n) is 7.68. The predicted molar refractivity (Wildman–Crippen MR) is 87.9 cm³/mol. The number of esters is 1. The third kappa shape index (κ3) is 3.34. The first-order valence-corrected chi connectivity index (χ1v) is 7.68. The van der Waals surface area contributed by atoms with Crippen LogP contribution in [0.4, 0.5) is 5.95 Å². The Morgan fingerprint density at radius 1 is 0.958 bits per heavy atom. The molecule has 0 bridgehead atoms. The fourth-order valence-electron chi connectivity index (χ4n) is 2.61. The summed E-state index contributed by atoms with van der Waals surface area (Å²) in [4.78, 5) is 36.3. The van der Waals surface area contributed by atoms with E-state index in [9.17, 15) is 9.59 Å². The molecule has 1 aromatic heterocycles. The van der Waals surface area contributed by atoms with Gasteiger partial charge in [0, 0.05) is 44.1 Å². The molecule has 1 aromatic carbocycles. The molecular weight excluding hydrogens is 308 g/mol. The minimum atomic E-state index is -0.412. The number of carbonyl (C=O) groups excluding carboxylic acids is 2. The Morgan fingerprint density at radius 3 is 2.12 bits per heavy atom. The van der Waals surface area contributed by atoms with Crippen LogP contribution >= 0.6 is 0 Å². The van der Waals surface area contributed by atoms with Crippen molar-refractivity contribution in [2.75, 3.05) is 38.2 Å². The summed E-state index contributed by atoms with van der Waals surface area (Å²) in [5.74, 6) is 0.234. The molecule has 2 aromatic rings. The lowest BCUT2D eigenvalue weighted by molar-refractivity contribution is 0.0599. The third-order valence-corrected chi connectivity index (χ3v) is 3.95. The number of hydrogen-bond acceptors (Lipinski definition) is 6. The Balaban J connectivity index is 1.62. The summed E-state index contributed by atoms with van der Waals surface area (Å²) in [6.45, 7) is 2.59. The largest absolute Gasteiger partial charge is 0.465 e. The van der Waals surface area contributed by atoms with Gasteiger partial charge in [0.05, 0.1) is 12.7 Å². The molecule has 124 valence electrons. The second-order valence-electron chi connectivity index (χ2n) is 5.40. The number of nitrogens with zero attached hydrogens (tertiary/aromatic N) is 4. The number of piperazine rings is 1. The molecule has 1 aliphatic rings. The lowest BCUT2D eigenvalue weighted by atomic mass is 10.1. The number of carbonyl (C=O) groups is 2. The van der Waals surface area contributed by atoms with Gasteiger partial charge in [-0.2, -0.15) is 0 Å². The van der Waals surface area contributed by atoms with Gasteiger partial charge in [0.15, 0.2) is 0 Å². The van der Waals surface area contributed by atoms with E-state index in [-0.39, 0.29) is 5.91 Å². The van der Waals surface area contributed by atoms with Gasteiger partial charge in [0.25, 0.3) is 5.91 Å². The topological polar surface area (TPSA) is 75.6 Å². The summed E-state index contributed by atoms with van der Waals surface area (Å²) in [5.41, 5.74) is 0.993. The number of benzene rings is 1. The van der Waals surface area contributed by atoms with Gasteiger partial charge in [-0.3, -0.25) is 4.79 Å². The van der Waals surface area contributed by atoms with Gasteiger partial charge in [-0.05, 0) is 30.3 Å². The van der Waals surface area contributed by atoms with E-state index in [4.69, 9.17) is 0 Å². The van der Waals surface area contributed by atoms with Crippen molar-refractivity contribution in [2.24, 2.45) is 0 Å². The molecule has 1 fully saturated rings. The Bertz CT molecular complexity index is 710. The maximum Gasteiger partial charge on any atom is 0.337 e. The van der Waals surface area contributed by atoms with Gasteiger partial charge in [-0.25, -0.2) is 14.8 Å². The minimum Gasteiger partial charge on any atom is -0.465 e. The minimum absolute atomic E-state index is 0.0416. The zero-order valence-corrected chi connectivity index (χ0v) is 13.4. The van der Waals surface area contributed by atoms with Gasteiger partial charge in [0.2, 0.25) is 5.95 Å². The second kappa shape index (κ2) is 7.08. The molecule has 3 rings (SSSR count). The molecule has 0 saturated carbocycles. The molecule has 1 amide bonds. The molecule has 0 unspecified atom stereocenters. The normalized spacial score (nSPS) is 14.4. The van der Waals surface area contributed by atoms with Gasteiger partial charge in [-0.15, -0.1) is 0 Å². The van der Waals surface area contributed by atoms with E-state index in [1.165, 1.54) is 7.11 Å². The number of anilines is 1. The van der Waals surface area contributed by atoms with Crippen molar-refractivity contribution in [2.45, 2.75) is 0 Å². The first kappa shape index (κ1) is 15.9. The summed E-state index contributed by atoms with van der Waals surface area (Å²) >= 11 is 0. The van der Waals surface area contributed by atoms with Gasteiger partial charge < -0.3 is 14.5 Å². The van der Waals surface area contributed by atoms with E-state index < -0.39 is 5.97 Å². The highest BCUT2D eigenvalue weighted by Crippen LogP contribution is 2.13. The van der Waals surface area contributed by atoms with Crippen molar-refractivity contribution < 1.29 is 14.3 Å². The number of rotatable bonds is 3. The Labute approximate surface area is 139 Å². The third-order valence-electron chi connectivity index (χ3n) is 3.95. The maximum atomic E-state index is 12.6. The fraction of sp³-hybridized carbons (Fsp3) is 0.294. The number of amides is 1. The molecular formula is C17H18N4O3. The van der Waals surface area contributed by atoms with Crippen LogP contribution in [0.3, 0.4) is 0 Å². The second-order valence-corrected chi connectivity index (χ2v) is 5.40. The summed E-state index contributed by atoms with van der Waals surface area (Å²) < 4.78 is 4.66. The van der Waals surface area contributed by atoms with Crippen LogP contribution in [0.1, 0.15) is 20.7 Å². The Kier molecular flexibility index (Phi) is 4.69. The highest BCUT2D eigenvalue weighted by atomic mass is 16.5. The van der Waals surface area contributed by atoms with Crippen molar-refractivity contribution in [1.82, 2.24) is 14.9 Å². The van der Waals surface area contributed by atoms with E-state index in [0.717, 1.165) is 0 Å². The van der Waals surface area contributed by atoms with E-state index in [1.54, 1.807) is 47.6 Å². The quantitative estimate of drug-likeness (QED) is 0.790. The molecule has 1 saturated heterocycles. The maximum absolute atomic E-state index is 12.6. The number of hydrogen-bond donors (Lipinski definition) is 0. The molecule has 7 nitrogen and oxygen atoms in total. The highest BCUT2D eigenvalue weighted by molar-refractivity contribution is 5.96. The van der Waals surface area contributed by atoms with Crippen LogP contribution in [-0.4, -0.2) is 60.0 Å². The molecule has 7 heteroatoms. The monoisotopic (exact) mass is 326 g/mol. The van der Waals surface area contributed by atoms with Crippen molar-refractivity contribution in [3.8, 4) is 0 Å². The standard InChI is InChI=1S/C17H18N4O3/c1-24-16(23)14-5-3-13(4-6-14)15(22)20-9-11-21(12-10-20)17-18-7-2-8-19-17/h2-8H,9-12H2,1H3. The fourth-order valence-corrected chi connectivity index (χ4v) is 2.61. The molecule has 2 heterocycles. The SMILES string of the molecule is COC(=O)c1ccc(C(=O)N2CCN(c3ncccn3)CC2)cc1. The lowest BCUT2D eigenvalue weighted by Gasteiger charge is -2.34. The summed E-state index contributed by atoms with van der Waals surface area (Å²) in [5, 5.41) is 0.